The van der Waals surface area contributed by atoms with Crippen LogP contribution in [0.5, 0.6) is 0 Å². The van der Waals surface area contributed by atoms with E-state index in [1.54, 1.807) is 0 Å². The molecule has 112 valence electrons. The minimum absolute atomic E-state index is 0.0131. The Hall–Kier alpha value is -1.96. The van der Waals surface area contributed by atoms with E-state index in [0.717, 1.165) is 6.07 Å². The molecule has 1 aliphatic rings. The van der Waals surface area contributed by atoms with Crippen LogP contribution < -0.4 is 10.6 Å². The third-order valence-corrected chi connectivity index (χ3v) is 3.87. The minimum Gasteiger partial charge on any atom is -0.465 e. The molecular formula is C13H12BrFN2O4. The highest BCUT2D eigenvalue weighted by Crippen LogP contribution is 2.32. The fourth-order valence-electron chi connectivity index (χ4n) is 2.16. The lowest BCUT2D eigenvalue weighted by Crippen LogP contribution is -2.29. The number of benzene rings is 1. The topological polar surface area (TPSA) is 89.7 Å². The summed E-state index contributed by atoms with van der Waals surface area (Å²) in [6.45, 7) is 0.0131. The van der Waals surface area contributed by atoms with E-state index in [1.807, 2.05) is 0 Å². The Morgan fingerprint density at radius 2 is 2.14 bits per heavy atom. The van der Waals surface area contributed by atoms with Crippen LogP contribution in [0.1, 0.15) is 16.8 Å². The van der Waals surface area contributed by atoms with Gasteiger partial charge in [-0.05, 0) is 28.1 Å². The van der Waals surface area contributed by atoms with Crippen molar-refractivity contribution in [2.45, 2.75) is 6.42 Å². The Kier molecular flexibility index (Phi) is 4.26. The summed E-state index contributed by atoms with van der Waals surface area (Å²) in [5.41, 5.74) is 5.29. The molecule has 1 unspecified atom stereocenters. The monoisotopic (exact) mass is 358 g/mol. The van der Waals surface area contributed by atoms with Gasteiger partial charge in [0.1, 0.15) is 5.82 Å². The molecule has 0 radical (unpaired) electrons. The van der Waals surface area contributed by atoms with Gasteiger partial charge in [0.05, 0.1) is 28.8 Å². The lowest BCUT2D eigenvalue weighted by Gasteiger charge is -2.19. The zero-order chi connectivity index (χ0) is 15.7. The zero-order valence-electron chi connectivity index (χ0n) is 11.1. The maximum Gasteiger partial charge on any atom is 0.340 e. The maximum atomic E-state index is 13.7. The Labute approximate surface area is 128 Å². The number of nitrogens with zero attached hydrogens (tertiary/aromatic N) is 1. The van der Waals surface area contributed by atoms with Gasteiger partial charge in [-0.15, -0.1) is 0 Å². The predicted octanol–water partition coefficient (Wildman–Crippen LogP) is 1.21. The minimum atomic E-state index is -0.707. The predicted molar refractivity (Wildman–Crippen MR) is 75.1 cm³/mol. The number of carbonyl (C=O) groups excluding carboxylic acids is 3. The van der Waals surface area contributed by atoms with Gasteiger partial charge in [-0.2, -0.15) is 0 Å². The van der Waals surface area contributed by atoms with E-state index in [2.05, 4.69) is 20.7 Å². The lowest BCUT2D eigenvalue weighted by atomic mass is 10.1. The SMILES string of the molecule is COC(=O)c1cc(Br)c(F)cc1N1CC(C(N)=O)CC1=O. The van der Waals surface area contributed by atoms with Crippen molar-refractivity contribution < 1.29 is 23.5 Å². The van der Waals surface area contributed by atoms with Crippen LogP contribution in [-0.4, -0.2) is 31.4 Å². The normalized spacial score (nSPS) is 18.0. The molecule has 0 saturated carbocycles. The number of rotatable bonds is 3. The van der Waals surface area contributed by atoms with Crippen LogP contribution in [0.3, 0.4) is 0 Å². The first-order valence-electron chi connectivity index (χ1n) is 6.02. The summed E-state index contributed by atoms with van der Waals surface area (Å²) in [5, 5.41) is 0. The average Bonchev–Trinajstić information content (AvgIpc) is 2.82. The molecule has 1 atom stereocenters. The molecule has 2 amide bonds. The van der Waals surface area contributed by atoms with Gasteiger partial charge in [-0.3, -0.25) is 9.59 Å². The standard InChI is InChI=1S/C13H12BrFN2O4/c1-21-13(20)7-3-8(14)9(15)4-10(7)17-5-6(12(16)19)2-11(17)18/h3-4,6H,2,5H2,1H3,(H2,16,19). The number of anilines is 1. The molecule has 1 aromatic carbocycles. The van der Waals surface area contributed by atoms with E-state index in [-0.39, 0.29) is 28.7 Å². The van der Waals surface area contributed by atoms with Crippen LogP contribution in [-0.2, 0) is 14.3 Å². The second kappa shape index (κ2) is 5.80. The molecule has 0 spiro atoms. The second-order valence-electron chi connectivity index (χ2n) is 4.58. The van der Waals surface area contributed by atoms with E-state index in [1.165, 1.54) is 18.1 Å². The van der Waals surface area contributed by atoms with Gasteiger partial charge < -0.3 is 15.4 Å². The molecule has 6 nitrogen and oxygen atoms in total. The summed E-state index contributed by atoms with van der Waals surface area (Å²) in [6.07, 6.45) is -0.0619. The fraction of sp³-hybridized carbons (Fsp3) is 0.308. The van der Waals surface area contributed by atoms with Gasteiger partial charge in [-0.1, -0.05) is 0 Å². The largest absolute Gasteiger partial charge is 0.465 e. The van der Waals surface area contributed by atoms with Crippen LogP contribution in [0.2, 0.25) is 0 Å². The maximum absolute atomic E-state index is 13.7. The quantitative estimate of drug-likeness (QED) is 0.822. The number of ether oxygens (including phenoxy) is 1. The second-order valence-corrected chi connectivity index (χ2v) is 5.44. The molecule has 1 fully saturated rings. The van der Waals surface area contributed by atoms with Crippen molar-refractivity contribution in [1.29, 1.82) is 0 Å². The summed E-state index contributed by atoms with van der Waals surface area (Å²) >= 11 is 2.98. The molecule has 0 aromatic heterocycles. The van der Waals surface area contributed by atoms with E-state index >= 15 is 0 Å². The van der Waals surface area contributed by atoms with Crippen molar-refractivity contribution in [3.05, 3.63) is 28.0 Å². The van der Waals surface area contributed by atoms with Gasteiger partial charge >= 0.3 is 5.97 Å². The van der Waals surface area contributed by atoms with Crippen LogP contribution >= 0.6 is 15.9 Å². The Balaban J connectivity index is 2.48. The van der Waals surface area contributed by atoms with Crippen molar-refractivity contribution in [3.8, 4) is 0 Å². The summed E-state index contributed by atoms with van der Waals surface area (Å²) in [5.74, 6) is -3.00. The number of carbonyl (C=O) groups is 3. The van der Waals surface area contributed by atoms with Crippen LogP contribution in [0.25, 0.3) is 0 Å². The highest BCUT2D eigenvalue weighted by atomic mass is 79.9. The number of nitrogens with two attached hydrogens (primary N) is 1. The number of primary amides is 1. The molecule has 2 rings (SSSR count). The van der Waals surface area contributed by atoms with Gasteiger partial charge in [0.2, 0.25) is 11.8 Å². The van der Waals surface area contributed by atoms with Crippen molar-refractivity contribution in [1.82, 2.24) is 0 Å². The number of halogens is 2. The van der Waals surface area contributed by atoms with Crippen LogP contribution in [0, 0.1) is 11.7 Å². The number of hydrogen-bond donors (Lipinski definition) is 1. The molecule has 2 N–H and O–H groups in total. The summed E-state index contributed by atoms with van der Waals surface area (Å²) in [4.78, 5) is 36.1. The van der Waals surface area contributed by atoms with Crippen molar-refractivity contribution in [3.63, 3.8) is 0 Å². The number of hydrogen-bond acceptors (Lipinski definition) is 4. The molecule has 1 heterocycles. The Bertz CT molecular complexity index is 635. The average molecular weight is 359 g/mol. The zero-order valence-corrected chi connectivity index (χ0v) is 12.6. The van der Waals surface area contributed by atoms with E-state index in [9.17, 15) is 18.8 Å². The number of methoxy groups -OCH3 is 1. The van der Waals surface area contributed by atoms with Gasteiger partial charge in [0.25, 0.3) is 0 Å². The Morgan fingerprint density at radius 1 is 1.48 bits per heavy atom. The Morgan fingerprint density at radius 3 is 2.67 bits per heavy atom. The fourth-order valence-corrected chi connectivity index (χ4v) is 2.51. The van der Waals surface area contributed by atoms with Crippen molar-refractivity contribution in [2.24, 2.45) is 11.7 Å². The summed E-state index contributed by atoms with van der Waals surface area (Å²) in [6, 6.07) is 2.29. The van der Waals surface area contributed by atoms with Crippen LogP contribution in [0.4, 0.5) is 10.1 Å². The molecule has 0 aliphatic carbocycles. The highest BCUT2D eigenvalue weighted by Gasteiger charge is 2.36. The van der Waals surface area contributed by atoms with Crippen molar-refractivity contribution >= 4 is 39.4 Å². The summed E-state index contributed by atoms with van der Waals surface area (Å²) < 4.78 is 18.4. The molecule has 8 heteroatoms. The van der Waals surface area contributed by atoms with Gasteiger partial charge in [0.15, 0.2) is 0 Å². The molecule has 1 aromatic rings. The third-order valence-electron chi connectivity index (χ3n) is 3.26. The number of esters is 1. The van der Waals surface area contributed by atoms with Gasteiger partial charge in [-0.25, -0.2) is 9.18 Å². The lowest BCUT2D eigenvalue weighted by molar-refractivity contribution is -0.123. The molecule has 0 bridgehead atoms. The number of amides is 2. The highest BCUT2D eigenvalue weighted by molar-refractivity contribution is 9.10. The third kappa shape index (κ3) is 2.90. The van der Waals surface area contributed by atoms with Gasteiger partial charge in [0, 0.05) is 13.0 Å². The molecule has 21 heavy (non-hydrogen) atoms. The van der Waals surface area contributed by atoms with Crippen LogP contribution in [0.15, 0.2) is 16.6 Å². The molecule has 1 aliphatic heterocycles. The first kappa shape index (κ1) is 15.4. The molecular weight excluding hydrogens is 347 g/mol. The molecule has 1 saturated heterocycles. The van der Waals surface area contributed by atoms with E-state index in [0.29, 0.717) is 0 Å². The van der Waals surface area contributed by atoms with E-state index < -0.39 is 29.5 Å². The smallest absolute Gasteiger partial charge is 0.340 e. The van der Waals surface area contributed by atoms with Crippen molar-refractivity contribution in [2.75, 3.05) is 18.6 Å². The van der Waals surface area contributed by atoms with E-state index in [4.69, 9.17) is 5.73 Å². The first-order valence-corrected chi connectivity index (χ1v) is 6.81. The summed E-state index contributed by atoms with van der Waals surface area (Å²) in [7, 11) is 1.18. The first-order chi connectivity index (χ1) is 9.85.